The van der Waals surface area contributed by atoms with Crippen LogP contribution in [0.5, 0.6) is 0 Å². The molecule has 2 unspecified atom stereocenters. The van der Waals surface area contributed by atoms with E-state index in [1.807, 2.05) is 0 Å². The third-order valence-electron chi connectivity index (χ3n) is 4.68. The average Bonchev–Trinajstić information content (AvgIpc) is 2.75. The Bertz CT molecular complexity index is 1180. The molecule has 2 aromatic carbocycles. The zero-order valence-corrected chi connectivity index (χ0v) is 19.7. The van der Waals surface area contributed by atoms with Crippen LogP contribution in [0.1, 0.15) is 29.5 Å². The summed E-state index contributed by atoms with van der Waals surface area (Å²) in [4.78, 5) is 15.6. The van der Waals surface area contributed by atoms with Crippen LogP contribution in [0.15, 0.2) is 45.9 Å². The molecule has 0 heterocycles. The first-order chi connectivity index (χ1) is 16.5. The maximum atomic E-state index is 14.0. The van der Waals surface area contributed by atoms with Crippen LogP contribution in [0.2, 0.25) is 0 Å². The number of nitrogens with one attached hydrogen (secondary N) is 1. The van der Waals surface area contributed by atoms with Gasteiger partial charge in [0, 0.05) is 15.6 Å². The molecule has 0 bridgehead atoms. The van der Waals surface area contributed by atoms with Crippen LogP contribution in [0.4, 0.5) is 39.5 Å². The molecule has 0 spiro atoms. The molecule has 1 amide bonds. The Hall–Kier alpha value is -3.03. The van der Waals surface area contributed by atoms with Crippen LogP contribution >= 0.6 is 15.9 Å². The van der Waals surface area contributed by atoms with E-state index in [9.17, 15) is 44.3 Å². The Morgan fingerprint density at radius 2 is 1.72 bits per heavy atom. The summed E-state index contributed by atoms with van der Waals surface area (Å²) in [6, 6.07) is 3.51. The van der Waals surface area contributed by atoms with Gasteiger partial charge >= 0.3 is 12.4 Å². The summed E-state index contributed by atoms with van der Waals surface area (Å²) in [6.07, 6.45) is -8.12. The van der Waals surface area contributed by atoms with Crippen molar-refractivity contribution in [1.29, 1.82) is 0 Å². The molecule has 2 rings (SSSR count). The number of aliphatic imine (C=N–C) groups is 1. The molecule has 0 fully saturated rings. The van der Waals surface area contributed by atoms with E-state index in [0.717, 1.165) is 6.08 Å². The molecule has 2 atom stereocenters. The minimum atomic E-state index is -5.03. The highest BCUT2D eigenvalue weighted by atomic mass is 79.9. The van der Waals surface area contributed by atoms with Crippen molar-refractivity contribution in [2.75, 3.05) is 6.54 Å². The number of allylic oxidation sites excluding steroid dienone is 1. The van der Waals surface area contributed by atoms with Crippen molar-refractivity contribution < 1.29 is 44.3 Å². The third kappa shape index (κ3) is 7.73. The minimum Gasteiger partial charge on any atom is -0.383 e. The van der Waals surface area contributed by atoms with Crippen LogP contribution in [-0.2, 0) is 4.79 Å². The van der Waals surface area contributed by atoms with Crippen LogP contribution < -0.4 is 11.1 Å². The molecule has 36 heavy (non-hydrogen) atoms. The predicted molar refractivity (Wildman–Crippen MR) is 118 cm³/mol. The van der Waals surface area contributed by atoms with Crippen molar-refractivity contribution in [1.82, 2.24) is 5.32 Å². The van der Waals surface area contributed by atoms with Gasteiger partial charge in [0.1, 0.15) is 24.3 Å². The van der Waals surface area contributed by atoms with E-state index in [0.29, 0.717) is 18.2 Å². The first-order valence-corrected chi connectivity index (χ1v) is 10.7. The number of hydrogen-bond acceptors (Lipinski definition) is 2. The summed E-state index contributed by atoms with van der Waals surface area (Å²) in [7, 11) is 0. The smallest absolute Gasteiger partial charge is 0.383 e. The van der Waals surface area contributed by atoms with Gasteiger partial charge in [-0.3, -0.25) is 9.79 Å². The van der Waals surface area contributed by atoms with Crippen LogP contribution in [0.3, 0.4) is 0 Å². The topological polar surface area (TPSA) is 67.5 Å². The monoisotopic (exact) mass is 589 g/mol. The number of halogens is 10. The third-order valence-corrected chi connectivity index (χ3v) is 5.33. The van der Waals surface area contributed by atoms with E-state index in [1.54, 1.807) is 5.32 Å². The molecular formula is C22H17BrF9N3O. The van der Waals surface area contributed by atoms with Crippen molar-refractivity contribution in [3.63, 3.8) is 0 Å². The summed E-state index contributed by atoms with van der Waals surface area (Å²) in [6.45, 7) is -0.345. The summed E-state index contributed by atoms with van der Waals surface area (Å²) in [5.74, 6) is -9.49. The van der Waals surface area contributed by atoms with Gasteiger partial charge in [-0.1, -0.05) is 40.2 Å². The van der Waals surface area contributed by atoms with Crippen molar-refractivity contribution in [3.05, 3.63) is 75.0 Å². The number of rotatable bonds is 7. The fourth-order valence-electron chi connectivity index (χ4n) is 2.89. The predicted octanol–water partition coefficient (Wildman–Crippen LogP) is 6.00. The molecule has 0 aliphatic rings. The minimum absolute atomic E-state index is 0.159. The van der Waals surface area contributed by atoms with Gasteiger partial charge in [0.05, 0.1) is 0 Å². The summed E-state index contributed by atoms with van der Waals surface area (Å²) < 4.78 is 118. The lowest BCUT2D eigenvalue weighted by atomic mass is 9.96. The molecular weight excluding hydrogens is 573 g/mol. The quantitative estimate of drug-likeness (QED) is 0.180. The largest absolute Gasteiger partial charge is 0.405 e. The van der Waals surface area contributed by atoms with Gasteiger partial charge in [-0.25, -0.2) is 13.2 Å². The zero-order chi connectivity index (χ0) is 27.4. The number of nitrogens with zero attached hydrogens (tertiary/aromatic N) is 1. The summed E-state index contributed by atoms with van der Waals surface area (Å²) in [5.41, 5.74) is 5.04. The van der Waals surface area contributed by atoms with Gasteiger partial charge in [-0.15, -0.1) is 0 Å². The summed E-state index contributed by atoms with van der Waals surface area (Å²) in [5, 5.41) is 1.66. The number of amidine groups is 1. The number of carbonyl (C=O) groups excluding carboxylic acids is 1. The van der Waals surface area contributed by atoms with Crippen molar-refractivity contribution in [2.24, 2.45) is 10.7 Å². The lowest BCUT2D eigenvalue weighted by Crippen LogP contribution is -2.39. The van der Waals surface area contributed by atoms with E-state index in [-0.39, 0.29) is 21.4 Å². The maximum Gasteiger partial charge on any atom is 0.405 e. The average molecular weight is 590 g/mol. The molecule has 4 nitrogen and oxygen atoms in total. The second-order valence-electron chi connectivity index (χ2n) is 7.41. The highest BCUT2D eigenvalue weighted by molar-refractivity contribution is 9.10. The van der Waals surface area contributed by atoms with Crippen LogP contribution in [0.25, 0.3) is 6.08 Å². The number of benzene rings is 2. The maximum absolute atomic E-state index is 14.0. The van der Waals surface area contributed by atoms with Crippen molar-refractivity contribution >= 4 is 33.7 Å². The SMILES string of the molecule is CC(N=C(N)c1ccc(C=CC(c2ccc(F)c(F)c2F)C(F)(F)F)cc1Br)C(=O)NCC(F)(F)F. The lowest BCUT2D eigenvalue weighted by molar-refractivity contribution is -0.140. The van der Waals surface area contributed by atoms with E-state index in [1.165, 1.54) is 25.1 Å². The van der Waals surface area contributed by atoms with Gasteiger partial charge in [0.15, 0.2) is 17.5 Å². The Labute approximate surface area is 207 Å². The summed E-state index contributed by atoms with van der Waals surface area (Å²) >= 11 is 3.13. The second-order valence-corrected chi connectivity index (χ2v) is 8.26. The normalized spacial score (nSPS) is 14.7. The molecule has 0 aromatic heterocycles. The number of alkyl halides is 6. The number of hydrogen-bond donors (Lipinski definition) is 2. The van der Waals surface area contributed by atoms with Crippen molar-refractivity contribution in [2.45, 2.75) is 31.2 Å². The van der Waals surface area contributed by atoms with Gasteiger partial charge < -0.3 is 11.1 Å². The van der Waals surface area contributed by atoms with Crippen molar-refractivity contribution in [3.8, 4) is 0 Å². The van der Waals surface area contributed by atoms with Crippen LogP contribution in [0, 0.1) is 17.5 Å². The highest BCUT2D eigenvalue weighted by Crippen LogP contribution is 2.38. The van der Waals surface area contributed by atoms with E-state index in [4.69, 9.17) is 5.73 Å². The van der Waals surface area contributed by atoms with Gasteiger partial charge in [-0.05, 0) is 30.7 Å². The molecule has 2 aromatic rings. The zero-order valence-electron chi connectivity index (χ0n) is 18.1. The number of carbonyl (C=O) groups is 1. The molecule has 0 aliphatic carbocycles. The molecule has 0 saturated heterocycles. The number of amides is 1. The van der Waals surface area contributed by atoms with E-state index < -0.39 is 59.8 Å². The fraction of sp³-hybridized carbons (Fsp3) is 0.273. The molecule has 0 saturated carbocycles. The Kier molecular flexibility index (Phi) is 9.21. The van der Waals surface area contributed by atoms with Gasteiger partial charge in [0.25, 0.3) is 0 Å². The van der Waals surface area contributed by atoms with E-state index in [2.05, 4.69) is 20.9 Å². The molecule has 0 aliphatic heterocycles. The standard InChI is InChI=1S/C22H17BrF9N3O/c1-10(20(36)34-9-21(27,28)29)35-19(33)13-4-2-11(8-15(13)23)3-6-14(22(30,31)32)12-5-7-16(24)18(26)17(12)25/h2-8,10,14H,9H2,1H3,(H2,33,35)(H,34,36). The fourth-order valence-corrected chi connectivity index (χ4v) is 3.49. The molecule has 3 N–H and O–H groups in total. The van der Waals surface area contributed by atoms with Crippen LogP contribution in [-0.4, -0.2) is 36.7 Å². The lowest BCUT2D eigenvalue weighted by Gasteiger charge is -2.18. The Morgan fingerprint density at radius 1 is 1.08 bits per heavy atom. The highest BCUT2D eigenvalue weighted by Gasteiger charge is 2.41. The molecule has 0 radical (unpaired) electrons. The Balaban J connectivity index is 2.27. The first-order valence-electron chi connectivity index (χ1n) is 9.87. The Morgan fingerprint density at radius 3 is 2.28 bits per heavy atom. The first kappa shape index (κ1) is 29.2. The number of nitrogens with two attached hydrogens (primary N) is 1. The van der Waals surface area contributed by atoms with E-state index >= 15 is 0 Å². The van der Waals surface area contributed by atoms with Gasteiger partial charge in [-0.2, -0.15) is 26.3 Å². The van der Waals surface area contributed by atoms with Gasteiger partial charge in [0.2, 0.25) is 5.91 Å². The second kappa shape index (κ2) is 11.4. The molecule has 14 heteroatoms. The molecule has 196 valence electrons.